The van der Waals surface area contributed by atoms with E-state index < -0.39 is 0 Å². The second-order valence-electron chi connectivity index (χ2n) is 5.18. The first kappa shape index (κ1) is 14.4. The molecule has 0 amide bonds. The van der Waals surface area contributed by atoms with Crippen LogP contribution < -0.4 is 0 Å². The number of carbonyl (C=O) groups excluding carboxylic acids is 1. The molecular weight excluding hydrogens is 186 g/mol. The van der Waals surface area contributed by atoms with E-state index in [-0.39, 0.29) is 0 Å². The van der Waals surface area contributed by atoms with Gasteiger partial charge in [-0.15, -0.1) is 0 Å². The Balaban J connectivity index is 3.51. The van der Waals surface area contributed by atoms with Crippen LogP contribution in [0, 0.1) is 17.8 Å². The third kappa shape index (κ3) is 9.68. The second-order valence-corrected chi connectivity index (χ2v) is 5.18. The number of nitrogens with zero attached hydrogens (tertiary/aromatic N) is 1. The van der Waals surface area contributed by atoms with Crippen LogP contribution in [-0.4, -0.2) is 12.6 Å². The van der Waals surface area contributed by atoms with Crippen LogP contribution in [0.3, 0.4) is 0 Å². The quantitative estimate of drug-likeness (QED) is 0.443. The van der Waals surface area contributed by atoms with Crippen LogP contribution in [0.2, 0.25) is 0 Å². The highest BCUT2D eigenvalue weighted by Gasteiger charge is 2.08. The standard InChI is InChI=1S/C13H25NO/c1-11(2)9-13(4)6-5-12(3)7-8-14-10-15/h11-13H,5-9H2,1-4H3. The van der Waals surface area contributed by atoms with Crippen LogP contribution in [0.5, 0.6) is 0 Å². The first-order valence-corrected chi connectivity index (χ1v) is 6.09. The Labute approximate surface area is 94.2 Å². The van der Waals surface area contributed by atoms with Gasteiger partial charge in [0.1, 0.15) is 0 Å². The lowest BCUT2D eigenvalue weighted by Gasteiger charge is -2.16. The molecule has 0 heterocycles. The van der Waals surface area contributed by atoms with Gasteiger partial charge in [-0.2, -0.15) is 0 Å². The summed E-state index contributed by atoms with van der Waals surface area (Å²) in [7, 11) is 0. The monoisotopic (exact) mass is 211 g/mol. The van der Waals surface area contributed by atoms with E-state index in [2.05, 4.69) is 32.7 Å². The van der Waals surface area contributed by atoms with Gasteiger partial charge in [-0.05, 0) is 30.6 Å². The summed E-state index contributed by atoms with van der Waals surface area (Å²) < 4.78 is 0. The highest BCUT2D eigenvalue weighted by atomic mass is 16.1. The van der Waals surface area contributed by atoms with Gasteiger partial charge < -0.3 is 0 Å². The van der Waals surface area contributed by atoms with Crippen LogP contribution in [0.25, 0.3) is 0 Å². The van der Waals surface area contributed by atoms with Crippen molar-refractivity contribution in [1.82, 2.24) is 0 Å². The molecule has 0 aliphatic rings. The summed E-state index contributed by atoms with van der Waals surface area (Å²) in [5, 5.41) is 0. The molecule has 0 aromatic heterocycles. The minimum absolute atomic E-state index is 0.642. The second kappa shape index (κ2) is 8.67. The van der Waals surface area contributed by atoms with Gasteiger partial charge >= 0.3 is 0 Å². The van der Waals surface area contributed by atoms with Gasteiger partial charge in [-0.3, -0.25) is 0 Å². The molecule has 0 spiro atoms. The molecule has 88 valence electrons. The smallest absolute Gasteiger partial charge is 0.211 e. The molecule has 2 heteroatoms. The summed E-state index contributed by atoms with van der Waals surface area (Å²) >= 11 is 0. The van der Waals surface area contributed by atoms with Crippen LogP contribution in [0.15, 0.2) is 4.99 Å². The molecule has 2 unspecified atom stereocenters. The molecule has 0 saturated carbocycles. The Morgan fingerprint density at radius 2 is 1.60 bits per heavy atom. The van der Waals surface area contributed by atoms with Crippen LogP contribution in [-0.2, 0) is 4.79 Å². The lowest BCUT2D eigenvalue weighted by atomic mass is 9.90. The third-order valence-corrected chi connectivity index (χ3v) is 2.82. The van der Waals surface area contributed by atoms with Crippen LogP contribution >= 0.6 is 0 Å². The fourth-order valence-electron chi connectivity index (χ4n) is 1.97. The maximum absolute atomic E-state index is 9.88. The minimum Gasteiger partial charge on any atom is -0.211 e. The molecule has 0 saturated heterocycles. The van der Waals surface area contributed by atoms with E-state index in [0.29, 0.717) is 12.5 Å². The molecule has 0 N–H and O–H groups in total. The van der Waals surface area contributed by atoms with E-state index in [1.54, 1.807) is 6.08 Å². The van der Waals surface area contributed by atoms with E-state index in [0.717, 1.165) is 18.3 Å². The molecule has 0 aromatic rings. The van der Waals surface area contributed by atoms with Gasteiger partial charge in [-0.1, -0.05) is 40.5 Å². The van der Waals surface area contributed by atoms with Crippen molar-refractivity contribution in [3.8, 4) is 0 Å². The average Bonchev–Trinajstić information content (AvgIpc) is 2.14. The highest BCUT2D eigenvalue weighted by molar-refractivity contribution is 5.32. The molecule has 0 aromatic carbocycles. The summed E-state index contributed by atoms with van der Waals surface area (Å²) in [6.07, 6.45) is 6.47. The van der Waals surface area contributed by atoms with Gasteiger partial charge in [0, 0.05) is 0 Å². The molecule has 15 heavy (non-hydrogen) atoms. The van der Waals surface area contributed by atoms with Gasteiger partial charge in [0.05, 0.1) is 6.54 Å². The zero-order valence-electron chi connectivity index (χ0n) is 10.6. The molecule has 0 fully saturated rings. The van der Waals surface area contributed by atoms with E-state index in [9.17, 15) is 4.79 Å². The number of rotatable bonds is 8. The predicted molar refractivity (Wildman–Crippen MR) is 64.6 cm³/mol. The van der Waals surface area contributed by atoms with Gasteiger partial charge in [-0.25, -0.2) is 9.79 Å². The minimum atomic E-state index is 0.642. The summed E-state index contributed by atoms with van der Waals surface area (Å²) in [6.45, 7) is 9.76. The van der Waals surface area contributed by atoms with E-state index in [4.69, 9.17) is 0 Å². The van der Waals surface area contributed by atoms with Crippen molar-refractivity contribution >= 4 is 6.08 Å². The van der Waals surface area contributed by atoms with Crippen molar-refractivity contribution in [2.75, 3.05) is 6.54 Å². The van der Waals surface area contributed by atoms with Crippen molar-refractivity contribution in [1.29, 1.82) is 0 Å². The molecule has 0 aliphatic carbocycles. The maximum Gasteiger partial charge on any atom is 0.234 e. The van der Waals surface area contributed by atoms with Gasteiger partial charge in [0.2, 0.25) is 6.08 Å². The number of aliphatic imine (C=N–C) groups is 1. The fraction of sp³-hybridized carbons (Fsp3) is 0.923. The van der Waals surface area contributed by atoms with Crippen molar-refractivity contribution in [2.24, 2.45) is 22.7 Å². The van der Waals surface area contributed by atoms with E-state index in [1.165, 1.54) is 19.3 Å². The Hall–Kier alpha value is -0.620. The number of hydrogen-bond donors (Lipinski definition) is 0. The van der Waals surface area contributed by atoms with Crippen molar-refractivity contribution in [3.05, 3.63) is 0 Å². The van der Waals surface area contributed by atoms with E-state index in [1.807, 2.05) is 0 Å². The molecule has 2 nitrogen and oxygen atoms in total. The molecule has 2 atom stereocenters. The van der Waals surface area contributed by atoms with Gasteiger partial charge in [0.15, 0.2) is 0 Å². The van der Waals surface area contributed by atoms with Gasteiger partial charge in [0.25, 0.3) is 0 Å². The Kier molecular flexibility index (Phi) is 8.31. The fourth-order valence-corrected chi connectivity index (χ4v) is 1.97. The molecule has 0 bridgehead atoms. The normalized spacial score (nSPS) is 14.7. The largest absolute Gasteiger partial charge is 0.234 e. The lowest BCUT2D eigenvalue weighted by Crippen LogP contribution is -2.04. The topological polar surface area (TPSA) is 29.4 Å². The summed E-state index contributed by atoms with van der Waals surface area (Å²) in [6, 6.07) is 0. The van der Waals surface area contributed by atoms with Crippen molar-refractivity contribution < 1.29 is 4.79 Å². The Bertz CT molecular complexity index is 195. The van der Waals surface area contributed by atoms with Crippen molar-refractivity contribution in [2.45, 2.75) is 53.4 Å². The number of hydrogen-bond acceptors (Lipinski definition) is 2. The molecule has 0 rings (SSSR count). The van der Waals surface area contributed by atoms with E-state index >= 15 is 0 Å². The molecule has 0 aliphatic heterocycles. The summed E-state index contributed by atoms with van der Waals surface area (Å²) in [5.41, 5.74) is 0. The Morgan fingerprint density at radius 3 is 2.13 bits per heavy atom. The van der Waals surface area contributed by atoms with Crippen molar-refractivity contribution in [3.63, 3.8) is 0 Å². The molecular formula is C13H25NO. The zero-order chi connectivity index (χ0) is 11.7. The lowest BCUT2D eigenvalue weighted by molar-refractivity contribution is 0.365. The van der Waals surface area contributed by atoms with Crippen LogP contribution in [0.4, 0.5) is 0 Å². The first-order valence-electron chi connectivity index (χ1n) is 6.09. The predicted octanol–water partition coefficient (Wildman–Crippen LogP) is 3.81. The highest BCUT2D eigenvalue weighted by Crippen LogP contribution is 2.20. The maximum atomic E-state index is 9.88. The van der Waals surface area contributed by atoms with Crippen LogP contribution in [0.1, 0.15) is 53.4 Å². The summed E-state index contributed by atoms with van der Waals surface area (Å²) in [5.74, 6) is 2.30. The molecule has 0 radical (unpaired) electrons. The third-order valence-electron chi connectivity index (χ3n) is 2.82. The SMILES string of the molecule is CC(C)CC(C)CCC(C)CCN=C=O. The average molecular weight is 211 g/mol. The number of isocyanates is 1. The summed E-state index contributed by atoms with van der Waals surface area (Å²) in [4.78, 5) is 13.5. The zero-order valence-corrected chi connectivity index (χ0v) is 10.6. The first-order chi connectivity index (χ1) is 7.06. The Morgan fingerprint density at radius 1 is 1.00 bits per heavy atom.